The van der Waals surface area contributed by atoms with Crippen LogP contribution in [-0.4, -0.2) is 11.0 Å². The first-order valence-electron chi connectivity index (χ1n) is 8.02. The Hall–Kier alpha value is -1.51. The number of phenolic OH excluding ortho intramolecular Hbond substituents is 1. The van der Waals surface area contributed by atoms with Gasteiger partial charge in [-0.05, 0) is 41.5 Å². The van der Waals surface area contributed by atoms with Crippen molar-refractivity contribution in [2.24, 2.45) is 16.2 Å². The first-order valence-corrected chi connectivity index (χ1v) is 8.02. The molecule has 0 aliphatic heterocycles. The summed E-state index contributed by atoms with van der Waals surface area (Å²) in [6.45, 7) is 15.0. The zero-order valence-electron chi connectivity index (χ0n) is 15.1. The third-order valence-electron chi connectivity index (χ3n) is 5.07. The van der Waals surface area contributed by atoms with Gasteiger partial charge in [0.25, 0.3) is 0 Å². The normalized spacial score (nSPS) is 15.2. The molecule has 3 heteroatoms. The van der Waals surface area contributed by atoms with E-state index in [1.807, 2.05) is 0 Å². The highest BCUT2D eigenvalue weighted by Gasteiger charge is 2.46. The van der Waals surface area contributed by atoms with E-state index in [0.717, 1.165) is 12.8 Å². The number of rotatable bonds is 5. The number of hydrogen-bond donors (Lipinski definition) is 2. The summed E-state index contributed by atoms with van der Waals surface area (Å²) in [7, 11) is 0. The van der Waals surface area contributed by atoms with Crippen LogP contribution in [0, 0.1) is 16.2 Å². The van der Waals surface area contributed by atoms with E-state index in [0.29, 0.717) is 5.69 Å². The van der Waals surface area contributed by atoms with E-state index in [1.165, 1.54) is 0 Å². The molecule has 0 saturated heterocycles. The van der Waals surface area contributed by atoms with Crippen molar-refractivity contribution in [1.29, 1.82) is 0 Å². The van der Waals surface area contributed by atoms with Crippen LogP contribution in [0.25, 0.3) is 0 Å². The predicted molar refractivity (Wildman–Crippen MR) is 93.0 cm³/mol. The molecule has 22 heavy (non-hydrogen) atoms. The van der Waals surface area contributed by atoms with Crippen molar-refractivity contribution in [2.75, 3.05) is 5.32 Å². The van der Waals surface area contributed by atoms with Crippen molar-refractivity contribution >= 4 is 11.6 Å². The molecule has 0 spiro atoms. The molecule has 0 radical (unpaired) electrons. The van der Waals surface area contributed by atoms with Crippen molar-refractivity contribution in [2.45, 2.75) is 61.3 Å². The maximum Gasteiger partial charge on any atom is 0.230 e. The second kappa shape index (κ2) is 6.31. The number of benzene rings is 1. The maximum atomic E-state index is 13.0. The van der Waals surface area contributed by atoms with Crippen molar-refractivity contribution in [3.8, 4) is 5.75 Å². The molecule has 1 rings (SSSR count). The maximum absolute atomic E-state index is 13.0. The summed E-state index contributed by atoms with van der Waals surface area (Å²) < 4.78 is 0. The minimum Gasteiger partial charge on any atom is -0.508 e. The summed E-state index contributed by atoms with van der Waals surface area (Å²) in [4.78, 5) is 13.0. The molecular formula is C19H31NO2. The van der Waals surface area contributed by atoms with E-state index in [1.54, 1.807) is 24.3 Å². The van der Waals surface area contributed by atoms with Crippen molar-refractivity contribution in [3.05, 3.63) is 24.3 Å². The molecule has 0 saturated carbocycles. The predicted octanol–water partition coefficient (Wildman–Crippen LogP) is 5.21. The highest BCUT2D eigenvalue weighted by molar-refractivity contribution is 5.95. The summed E-state index contributed by atoms with van der Waals surface area (Å²) in [6, 6.07) is 6.61. The molecule has 0 aromatic heterocycles. The molecule has 2 N–H and O–H groups in total. The van der Waals surface area contributed by atoms with Crippen LogP contribution in [0.2, 0.25) is 0 Å². The first kappa shape index (κ1) is 18.5. The molecule has 0 heterocycles. The zero-order chi connectivity index (χ0) is 17.2. The van der Waals surface area contributed by atoms with Crippen molar-refractivity contribution < 1.29 is 9.90 Å². The number of amides is 1. The number of anilines is 1. The Morgan fingerprint density at radius 3 is 1.95 bits per heavy atom. The fourth-order valence-corrected chi connectivity index (χ4v) is 2.58. The van der Waals surface area contributed by atoms with E-state index < -0.39 is 5.41 Å². The molecule has 1 aromatic rings. The molecule has 0 aliphatic rings. The van der Waals surface area contributed by atoms with Crippen LogP contribution in [0.1, 0.15) is 61.3 Å². The SMILES string of the molecule is CCC(C)(C)CC(C)(C(=O)Nc1ccc(O)cc1)C(C)(C)C. The monoisotopic (exact) mass is 305 g/mol. The van der Waals surface area contributed by atoms with Gasteiger partial charge in [0.05, 0.1) is 5.41 Å². The number of carbonyl (C=O) groups is 1. The van der Waals surface area contributed by atoms with E-state index >= 15 is 0 Å². The fourth-order valence-electron chi connectivity index (χ4n) is 2.58. The topological polar surface area (TPSA) is 49.3 Å². The summed E-state index contributed by atoms with van der Waals surface area (Å²) in [6.07, 6.45) is 1.86. The Balaban J connectivity index is 3.06. The Labute approximate surface area is 135 Å². The number of phenols is 1. The van der Waals surface area contributed by atoms with Crippen LogP contribution >= 0.6 is 0 Å². The molecule has 0 aliphatic carbocycles. The average Bonchev–Trinajstić information content (AvgIpc) is 2.39. The van der Waals surface area contributed by atoms with Gasteiger partial charge in [0.2, 0.25) is 5.91 Å². The van der Waals surface area contributed by atoms with Crippen LogP contribution < -0.4 is 5.32 Å². The lowest BCUT2D eigenvalue weighted by atomic mass is 9.60. The summed E-state index contributed by atoms with van der Waals surface area (Å²) in [5, 5.41) is 12.4. The second-order valence-electron chi connectivity index (χ2n) is 8.28. The van der Waals surface area contributed by atoms with Crippen molar-refractivity contribution in [3.63, 3.8) is 0 Å². The fraction of sp³-hybridized carbons (Fsp3) is 0.632. The van der Waals surface area contributed by atoms with Gasteiger partial charge in [-0.1, -0.05) is 54.9 Å². The van der Waals surface area contributed by atoms with Gasteiger partial charge in [-0.25, -0.2) is 0 Å². The number of aromatic hydroxyl groups is 1. The number of carbonyl (C=O) groups excluding carboxylic acids is 1. The molecule has 0 fully saturated rings. The Morgan fingerprint density at radius 1 is 1.05 bits per heavy atom. The third-order valence-corrected chi connectivity index (χ3v) is 5.07. The van der Waals surface area contributed by atoms with Crippen LogP contribution in [0.4, 0.5) is 5.69 Å². The second-order valence-corrected chi connectivity index (χ2v) is 8.28. The van der Waals surface area contributed by atoms with E-state index in [2.05, 4.69) is 53.8 Å². The molecule has 124 valence electrons. The Bertz CT molecular complexity index is 511. The van der Waals surface area contributed by atoms with Gasteiger partial charge >= 0.3 is 0 Å². The average molecular weight is 305 g/mol. The van der Waals surface area contributed by atoms with Crippen molar-refractivity contribution in [1.82, 2.24) is 0 Å². The molecular weight excluding hydrogens is 274 g/mol. The van der Waals surface area contributed by atoms with Crippen LogP contribution in [-0.2, 0) is 4.79 Å². The minimum atomic E-state index is -0.482. The number of hydrogen-bond acceptors (Lipinski definition) is 2. The standard InChI is InChI=1S/C19H31NO2/c1-8-18(5,6)13-19(7,17(2,3)4)16(22)20-14-9-11-15(21)12-10-14/h9-12,21H,8,13H2,1-7H3,(H,20,22). The molecule has 1 atom stereocenters. The molecule has 1 amide bonds. The lowest BCUT2D eigenvalue weighted by Gasteiger charge is -2.45. The van der Waals surface area contributed by atoms with Crippen LogP contribution in [0.3, 0.4) is 0 Å². The Morgan fingerprint density at radius 2 is 1.55 bits per heavy atom. The van der Waals surface area contributed by atoms with E-state index in [-0.39, 0.29) is 22.5 Å². The largest absolute Gasteiger partial charge is 0.508 e. The van der Waals surface area contributed by atoms with Crippen LogP contribution in [0.15, 0.2) is 24.3 Å². The molecule has 0 bridgehead atoms. The molecule has 3 nitrogen and oxygen atoms in total. The van der Waals surface area contributed by atoms with Gasteiger partial charge in [0.1, 0.15) is 5.75 Å². The zero-order valence-corrected chi connectivity index (χ0v) is 15.1. The van der Waals surface area contributed by atoms with Gasteiger partial charge in [0.15, 0.2) is 0 Å². The quantitative estimate of drug-likeness (QED) is 0.734. The van der Waals surface area contributed by atoms with Gasteiger partial charge in [-0.3, -0.25) is 4.79 Å². The van der Waals surface area contributed by atoms with Gasteiger partial charge in [-0.15, -0.1) is 0 Å². The van der Waals surface area contributed by atoms with E-state index in [4.69, 9.17) is 0 Å². The van der Waals surface area contributed by atoms with Gasteiger partial charge in [0, 0.05) is 5.69 Å². The van der Waals surface area contributed by atoms with Gasteiger partial charge < -0.3 is 10.4 Å². The summed E-state index contributed by atoms with van der Waals surface area (Å²) in [5.41, 5.74) is 0.187. The lowest BCUT2D eigenvalue weighted by Crippen LogP contribution is -2.46. The first-order chi connectivity index (χ1) is 9.91. The van der Waals surface area contributed by atoms with Gasteiger partial charge in [-0.2, -0.15) is 0 Å². The number of nitrogens with one attached hydrogen (secondary N) is 1. The lowest BCUT2D eigenvalue weighted by molar-refractivity contribution is -0.133. The minimum absolute atomic E-state index is 0.0345. The molecule has 1 unspecified atom stereocenters. The third kappa shape index (κ3) is 4.25. The molecule has 1 aromatic carbocycles. The summed E-state index contributed by atoms with van der Waals surface area (Å²) in [5.74, 6) is 0.232. The highest BCUT2D eigenvalue weighted by atomic mass is 16.3. The summed E-state index contributed by atoms with van der Waals surface area (Å²) >= 11 is 0. The van der Waals surface area contributed by atoms with E-state index in [9.17, 15) is 9.90 Å². The Kier molecular flexibility index (Phi) is 5.32. The highest BCUT2D eigenvalue weighted by Crippen LogP contribution is 2.48. The smallest absolute Gasteiger partial charge is 0.230 e. The van der Waals surface area contributed by atoms with Crippen LogP contribution in [0.5, 0.6) is 5.75 Å².